The van der Waals surface area contributed by atoms with Gasteiger partial charge in [-0.3, -0.25) is 4.79 Å². The minimum absolute atomic E-state index is 0.0610. The Bertz CT molecular complexity index is 973. The number of alkyl halides is 3. The number of esters is 1. The summed E-state index contributed by atoms with van der Waals surface area (Å²) < 4.78 is 52.9. The molecule has 1 aliphatic heterocycles. The molecule has 0 radical (unpaired) electrons. The van der Waals surface area contributed by atoms with Gasteiger partial charge in [0.25, 0.3) is 0 Å². The van der Waals surface area contributed by atoms with E-state index in [0.717, 1.165) is 6.07 Å². The molecule has 1 aromatic heterocycles. The highest BCUT2D eigenvalue weighted by Crippen LogP contribution is 2.39. The maximum Gasteiger partial charge on any atom is 0.418 e. The summed E-state index contributed by atoms with van der Waals surface area (Å²) >= 11 is 0. The lowest BCUT2D eigenvalue weighted by molar-refractivity contribution is -0.144. The molecule has 0 fully saturated rings. The first-order valence-electron chi connectivity index (χ1n) is 9.76. The Labute approximate surface area is 172 Å². The Morgan fingerprint density at radius 2 is 1.87 bits per heavy atom. The molecule has 0 N–H and O–H groups in total. The molecule has 164 valence electrons. The van der Waals surface area contributed by atoms with Crippen LogP contribution in [0.25, 0.3) is 10.9 Å². The van der Waals surface area contributed by atoms with E-state index in [9.17, 15) is 22.8 Å². The number of hydrogen-bond donors (Lipinski definition) is 0. The molecule has 2 aromatic rings. The fraction of sp³-hybridized carbons (Fsp3) is 0.524. The summed E-state index contributed by atoms with van der Waals surface area (Å²) in [5, 5.41) is 0.373. The normalized spacial score (nSPS) is 14.6. The molecule has 0 unspecified atom stereocenters. The van der Waals surface area contributed by atoms with Crippen molar-refractivity contribution in [3.63, 3.8) is 0 Å². The van der Waals surface area contributed by atoms with Gasteiger partial charge in [0.05, 0.1) is 24.2 Å². The van der Waals surface area contributed by atoms with E-state index in [1.807, 2.05) is 0 Å². The molecular weight excluding hydrogens is 401 g/mol. The Balaban J connectivity index is 2.10. The molecule has 1 aromatic carbocycles. The van der Waals surface area contributed by atoms with Crippen LogP contribution in [0.2, 0.25) is 0 Å². The fourth-order valence-corrected chi connectivity index (χ4v) is 3.73. The maximum atomic E-state index is 13.7. The maximum absolute atomic E-state index is 13.7. The van der Waals surface area contributed by atoms with E-state index in [0.29, 0.717) is 23.1 Å². The zero-order valence-corrected chi connectivity index (χ0v) is 17.4. The number of nitrogens with zero attached hydrogens (tertiary/aromatic N) is 2. The van der Waals surface area contributed by atoms with Crippen LogP contribution in [-0.4, -0.2) is 40.3 Å². The second kappa shape index (κ2) is 7.85. The summed E-state index contributed by atoms with van der Waals surface area (Å²) in [6.07, 6.45) is -4.80. The lowest BCUT2D eigenvalue weighted by Crippen LogP contribution is -2.40. The molecule has 0 bridgehead atoms. The van der Waals surface area contributed by atoms with E-state index in [1.54, 1.807) is 33.8 Å². The first kappa shape index (κ1) is 22.0. The van der Waals surface area contributed by atoms with Crippen molar-refractivity contribution in [2.24, 2.45) is 0 Å². The lowest BCUT2D eigenvalue weighted by Gasteiger charge is -2.30. The first-order valence-corrected chi connectivity index (χ1v) is 9.76. The van der Waals surface area contributed by atoms with Crippen LogP contribution in [-0.2, 0) is 40.0 Å². The third-order valence-corrected chi connectivity index (χ3v) is 4.82. The van der Waals surface area contributed by atoms with Crippen molar-refractivity contribution in [3.05, 3.63) is 35.0 Å². The molecule has 1 amide bonds. The first-order chi connectivity index (χ1) is 13.9. The Kier molecular flexibility index (Phi) is 5.75. The smallest absolute Gasteiger partial charge is 0.418 e. The van der Waals surface area contributed by atoms with Gasteiger partial charge in [-0.05, 0) is 33.8 Å². The monoisotopic (exact) mass is 426 g/mol. The third-order valence-electron chi connectivity index (χ3n) is 4.82. The summed E-state index contributed by atoms with van der Waals surface area (Å²) in [5.74, 6) is -0.608. The second-order valence-corrected chi connectivity index (χ2v) is 8.17. The van der Waals surface area contributed by atoms with Gasteiger partial charge < -0.3 is 18.9 Å². The van der Waals surface area contributed by atoms with Crippen molar-refractivity contribution in [2.75, 3.05) is 13.2 Å². The van der Waals surface area contributed by atoms with Gasteiger partial charge in [-0.2, -0.15) is 13.2 Å². The van der Waals surface area contributed by atoms with Crippen LogP contribution in [0.4, 0.5) is 18.0 Å². The van der Waals surface area contributed by atoms with Crippen LogP contribution in [0.5, 0.6) is 0 Å². The molecule has 1 aliphatic rings. The fourth-order valence-electron chi connectivity index (χ4n) is 3.73. The number of hydrogen-bond acceptors (Lipinski definition) is 4. The number of halogens is 3. The van der Waals surface area contributed by atoms with Crippen LogP contribution < -0.4 is 0 Å². The Morgan fingerprint density at radius 3 is 2.47 bits per heavy atom. The highest BCUT2D eigenvalue weighted by molar-refractivity contribution is 5.90. The number of ether oxygens (including phenoxy) is 2. The van der Waals surface area contributed by atoms with E-state index in [2.05, 4.69) is 0 Å². The van der Waals surface area contributed by atoms with Gasteiger partial charge in [0.2, 0.25) is 0 Å². The van der Waals surface area contributed by atoms with Crippen molar-refractivity contribution in [2.45, 2.75) is 59.0 Å². The van der Waals surface area contributed by atoms with E-state index in [1.165, 1.54) is 15.5 Å². The van der Waals surface area contributed by atoms with Crippen LogP contribution in [0.3, 0.4) is 0 Å². The summed E-state index contributed by atoms with van der Waals surface area (Å²) in [6, 6.07) is 3.93. The molecule has 0 spiro atoms. The van der Waals surface area contributed by atoms with Gasteiger partial charge in [-0.25, -0.2) is 4.79 Å². The number of carbonyl (C=O) groups is 2. The molecular formula is C21H25F3N2O4. The van der Waals surface area contributed by atoms with Gasteiger partial charge in [0.1, 0.15) is 12.1 Å². The highest BCUT2D eigenvalue weighted by Gasteiger charge is 2.37. The zero-order chi connectivity index (χ0) is 22.3. The van der Waals surface area contributed by atoms with Crippen molar-refractivity contribution in [3.8, 4) is 0 Å². The topological polar surface area (TPSA) is 60.8 Å². The van der Waals surface area contributed by atoms with Crippen LogP contribution in [0, 0.1) is 0 Å². The molecule has 3 rings (SSSR count). The predicted molar refractivity (Wildman–Crippen MR) is 104 cm³/mol. The number of aromatic nitrogens is 1. The van der Waals surface area contributed by atoms with Crippen LogP contribution in [0.1, 0.15) is 44.5 Å². The SMILES string of the molecule is CCOC(=O)Cn1c2c(c3cccc(C(F)(F)F)c31)CN(C(=O)OC(C)(C)C)CC2. The van der Waals surface area contributed by atoms with E-state index < -0.39 is 29.4 Å². The van der Waals surface area contributed by atoms with Crippen molar-refractivity contribution in [1.82, 2.24) is 9.47 Å². The Morgan fingerprint density at radius 1 is 1.17 bits per heavy atom. The van der Waals surface area contributed by atoms with Crippen LogP contribution >= 0.6 is 0 Å². The van der Waals surface area contributed by atoms with Gasteiger partial charge >= 0.3 is 18.2 Å². The van der Waals surface area contributed by atoms with E-state index in [-0.39, 0.29) is 31.8 Å². The third kappa shape index (κ3) is 4.39. The minimum Gasteiger partial charge on any atom is -0.465 e. The molecule has 9 heteroatoms. The average molecular weight is 426 g/mol. The number of rotatable bonds is 3. The van der Waals surface area contributed by atoms with Crippen molar-refractivity contribution in [1.29, 1.82) is 0 Å². The zero-order valence-electron chi connectivity index (χ0n) is 17.4. The minimum atomic E-state index is -4.59. The van der Waals surface area contributed by atoms with Crippen molar-refractivity contribution >= 4 is 23.0 Å². The molecule has 2 heterocycles. The van der Waals surface area contributed by atoms with E-state index in [4.69, 9.17) is 9.47 Å². The quantitative estimate of drug-likeness (QED) is 0.678. The van der Waals surface area contributed by atoms with Gasteiger partial charge in [0.15, 0.2) is 0 Å². The largest absolute Gasteiger partial charge is 0.465 e. The average Bonchev–Trinajstić information content (AvgIpc) is 2.93. The van der Waals surface area contributed by atoms with Gasteiger partial charge in [-0.1, -0.05) is 12.1 Å². The molecule has 0 aliphatic carbocycles. The molecule has 0 saturated heterocycles. The van der Waals surface area contributed by atoms with Gasteiger partial charge in [0, 0.05) is 29.6 Å². The molecule has 0 saturated carbocycles. The molecule has 30 heavy (non-hydrogen) atoms. The Hall–Kier alpha value is -2.71. The standard InChI is InChI=1S/C21H25F3N2O4/c1-5-29-17(27)12-26-16-9-10-25(19(28)30-20(2,3)4)11-14(16)13-7-6-8-15(18(13)26)21(22,23)24/h6-8H,5,9-12H2,1-4H3. The number of benzene rings is 1. The lowest BCUT2D eigenvalue weighted by atomic mass is 10.0. The number of para-hydroxylation sites is 1. The molecule has 0 atom stereocenters. The van der Waals surface area contributed by atoms with Crippen LogP contribution in [0.15, 0.2) is 18.2 Å². The number of fused-ring (bicyclic) bond motifs is 3. The number of amides is 1. The van der Waals surface area contributed by atoms with Gasteiger partial charge in [-0.15, -0.1) is 0 Å². The summed E-state index contributed by atoms with van der Waals surface area (Å²) in [4.78, 5) is 26.1. The summed E-state index contributed by atoms with van der Waals surface area (Å²) in [5.41, 5.74) is -0.359. The van der Waals surface area contributed by atoms with Crippen molar-refractivity contribution < 1.29 is 32.2 Å². The predicted octanol–water partition coefficient (Wildman–Crippen LogP) is 4.52. The van der Waals surface area contributed by atoms with E-state index >= 15 is 0 Å². The highest BCUT2D eigenvalue weighted by atomic mass is 19.4. The summed E-state index contributed by atoms with van der Waals surface area (Å²) in [7, 11) is 0. The molecule has 6 nitrogen and oxygen atoms in total. The number of carbonyl (C=O) groups excluding carboxylic acids is 2. The summed E-state index contributed by atoms with van der Waals surface area (Å²) in [6.45, 7) is 7.10. The second-order valence-electron chi connectivity index (χ2n) is 8.17.